The van der Waals surface area contributed by atoms with E-state index in [2.05, 4.69) is 11.8 Å². The molecular weight excluding hydrogens is 206 g/mol. The van der Waals surface area contributed by atoms with Gasteiger partial charge in [0.05, 0.1) is 6.10 Å². The average molecular weight is 229 g/mol. The van der Waals surface area contributed by atoms with Crippen molar-refractivity contribution in [1.82, 2.24) is 4.90 Å². The van der Waals surface area contributed by atoms with Crippen molar-refractivity contribution >= 4 is 5.97 Å². The van der Waals surface area contributed by atoms with Gasteiger partial charge in [-0.05, 0) is 52.1 Å². The Morgan fingerprint density at radius 2 is 1.94 bits per heavy atom. The number of carboxylic acid groups (broad SMARTS) is 1. The molecule has 16 heavy (non-hydrogen) atoms. The zero-order chi connectivity index (χ0) is 12.1. The predicted octanol–water partition coefficient (Wildman–Crippen LogP) is 1.33. The number of aliphatic hydroxyl groups excluding tert-OH is 1. The third-order valence-electron chi connectivity index (χ3n) is 3.66. The number of nitrogens with zero attached hydrogens (tertiary/aromatic N) is 1. The van der Waals surface area contributed by atoms with E-state index in [0.717, 1.165) is 25.9 Å². The number of hydrogen-bond donors (Lipinski definition) is 2. The maximum absolute atomic E-state index is 10.5. The van der Waals surface area contributed by atoms with E-state index in [-0.39, 0.29) is 12.5 Å². The number of piperidine rings is 1. The summed E-state index contributed by atoms with van der Waals surface area (Å²) >= 11 is 0. The zero-order valence-electron chi connectivity index (χ0n) is 10.2. The van der Waals surface area contributed by atoms with Gasteiger partial charge in [-0.15, -0.1) is 0 Å². The van der Waals surface area contributed by atoms with Crippen LogP contribution in [0.3, 0.4) is 0 Å². The molecule has 0 saturated carbocycles. The molecule has 0 aromatic carbocycles. The number of hydrogen-bond acceptors (Lipinski definition) is 3. The molecule has 0 aromatic rings. The van der Waals surface area contributed by atoms with E-state index >= 15 is 0 Å². The van der Waals surface area contributed by atoms with Crippen molar-refractivity contribution < 1.29 is 15.0 Å². The predicted molar refractivity (Wildman–Crippen MR) is 62.3 cm³/mol. The van der Waals surface area contributed by atoms with E-state index in [4.69, 9.17) is 5.11 Å². The highest BCUT2D eigenvalue weighted by atomic mass is 16.4. The van der Waals surface area contributed by atoms with Crippen LogP contribution in [-0.4, -0.2) is 46.3 Å². The van der Waals surface area contributed by atoms with E-state index in [9.17, 15) is 9.90 Å². The SMILES string of the molecule is CC(O)C1CCN(C(C)CCC(=O)O)CC1. The first-order chi connectivity index (χ1) is 7.50. The summed E-state index contributed by atoms with van der Waals surface area (Å²) in [5, 5.41) is 18.1. The van der Waals surface area contributed by atoms with Gasteiger partial charge in [0.25, 0.3) is 0 Å². The second kappa shape index (κ2) is 6.21. The highest BCUT2D eigenvalue weighted by Crippen LogP contribution is 2.22. The van der Waals surface area contributed by atoms with Crippen molar-refractivity contribution in [3.63, 3.8) is 0 Å². The van der Waals surface area contributed by atoms with Crippen LogP contribution in [0.15, 0.2) is 0 Å². The first-order valence-corrected chi connectivity index (χ1v) is 6.14. The largest absolute Gasteiger partial charge is 0.481 e. The van der Waals surface area contributed by atoms with Gasteiger partial charge in [-0.3, -0.25) is 4.79 Å². The summed E-state index contributed by atoms with van der Waals surface area (Å²) in [6, 6.07) is 0.339. The van der Waals surface area contributed by atoms with Gasteiger partial charge in [-0.25, -0.2) is 0 Å². The average Bonchev–Trinajstić information content (AvgIpc) is 2.26. The number of likely N-dealkylation sites (tertiary alicyclic amines) is 1. The first-order valence-electron chi connectivity index (χ1n) is 6.14. The topological polar surface area (TPSA) is 60.8 Å². The van der Waals surface area contributed by atoms with Crippen LogP contribution in [0.1, 0.15) is 39.5 Å². The van der Waals surface area contributed by atoms with Crippen molar-refractivity contribution in [2.45, 2.75) is 51.7 Å². The van der Waals surface area contributed by atoms with Crippen LogP contribution in [-0.2, 0) is 4.79 Å². The van der Waals surface area contributed by atoms with E-state index in [0.29, 0.717) is 18.4 Å². The van der Waals surface area contributed by atoms with E-state index < -0.39 is 5.97 Å². The molecule has 0 amide bonds. The number of rotatable bonds is 5. The van der Waals surface area contributed by atoms with Gasteiger partial charge in [-0.2, -0.15) is 0 Å². The summed E-state index contributed by atoms with van der Waals surface area (Å²) in [4.78, 5) is 12.8. The molecule has 1 aliphatic rings. The Balaban J connectivity index is 2.27. The van der Waals surface area contributed by atoms with Crippen molar-refractivity contribution in [1.29, 1.82) is 0 Å². The lowest BCUT2D eigenvalue weighted by atomic mass is 9.91. The van der Waals surface area contributed by atoms with Crippen LogP contribution >= 0.6 is 0 Å². The van der Waals surface area contributed by atoms with Gasteiger partial charge in [0.15, 0.2) is 0 Å². The third kappa shape index (κ3) is 4.10. The summed E-state index contributed by atoms with van der Waals surface area (Å²) in [6.07, 6.45) is 2.80. The Kier molecular flexibility index (Phi) is 5.22. The Morgan fingerprint density at radius 3 is 2.38 bits per heavy atom. The van der Waals surface area contributed by atoms with Gasteiger partial charge in [0.2, 0.25) is 0 Å². The van der Waals surface area contributed by atoms with Gasteiger partial charge in [0.1, 0.15) is 0 Å². The second-order valence-electron chi connectivity index (χ2n) is 4.90. The van der Waals surface area contributed by atoms with Crippen molar-refractivity contribution in [3.05, 3.63) is 0 Å². The standard InChI is InChI=1S/C12H23NO3/c1-9(3-4-12(15)16)13-7-5-11(6-8-13)10(2)14/h9-11,14H,3-8H2,1-2H3,(H,15,16). The minimum Gasteiger partial charge on any atom is -0.481 e. The fourth-order valence-electron chi connectivity index (χ4n) is 2.36. The smallest absolute Gasteiger partial charge is 0.303 e. The summed E-state index contributed by atoms with van der Waals surface area (Å²) in [5.41, 5.74) is 0. The summed E-state index contributed by atoms with van der Waals surface area (Å²) in [6.45, 7) is 5.91. The molecule has 0 aliphatic carbocycles. The lowest BCUT2D eigenvalue weighted by Gasteiger charge is -2.36. The van der Waals surface area contributed by atoms with E-state index in [1.165, 1.54) is 0 Å². The molecule has 2 unspecified atom stereocenters. The monoisotopic (exact) mass is 229 g/mol. The van der Waals surface area contributed by atoms with Crippen LogP contribution in [0, 0.1) is 5.92 Å². The van der Waals surface area contributed by atoms with E-state index in [1.54, 1.807) is 0 Å². The van der Waals surface area contributed by atoms with Gasteiger partial charge in [0, 0.05) is 12.5 Å². The fraction of sp³-hybridized carbons (Fsp3) is 0.917. The van der Waals surface area contributed by atoms with Crippen molar-refractivity contribution in [3.8, 4) is 0 Å². The highest BCUT2D eigenvalue weighted by Gasteiger charge is 2.25. The van der Waals surface area contributed by atoms with Crippen molar-refractivity contribution in [2.75, 3.05) is 13.1 Å². The van der Waals surface area contributed by atoms with Crippen molar-refractivity contribution in [2.24, 2.45) is 5.92 Å². The third-order valence-corrected chi connectivity index (χ3v) is 3.66. The van der Waals surface area contributed by atoms with Gasteiger partial charge < -0.3 is 15.1 Å². The van der Waals surface area contributed by atoms with E-state index in [1.807, 2.05) is 6.92 Å². The molecule has 1 rings (SSSR count). The molecule has 94 valence electrons. The Labute approximate surface area is 97.3 Å². The maximum atomic E-state index is 10.5. The van der Waals surface area contributed by atoms with Gasteiger partial charge in [-0.1, -0.05) is 0 Å². The fourth-order valence-corrected chi connectivity index (χ4v) is 2.36. The summed E-state index contributed by atoms with van der Waals surface area (Å²) in [7, 11) is 0. The Hall–Kier alpha value is -0.610. The molecule has 0 aromatic heterocycles. The normalized spacial score (nSPS) is 22.9. The number of aliphatic hydroxyl groups is 1. The molecule has 1 fully saturated rings. The van der Waals surface area contributed by atoms with Crippen LogP contribution < -0.4 is 0 Å². The minimum atomic E-state index is -0.717. The van der Waals surface area contributed by atoms with Crippen LogP contribution in [0.4, 0.5) is 0 Å². The molecule has 1 heterocycles. The molecule has 1 aliphatic heterocycles. The van der Waals surface area contributed by atoms with Crippen LogP contribution in [0.5, 0.6) is 0 Å². The number of carboxylic acids is 1. The maximum Gasteiger partial charge on any atom is 0.303 e. The van der Waals surface area contributed by atoms with Crippen LogP contribution in [0.25, 0.3) is 0 Å². The number of aliphatic carboxylic acids is 1. The molecule has 4 heteroatoms. The molecule has 0 bridgehead atoms. The second-order valence-corrected chi connectivity index (χ2v) is 4.90. The van der Waals surface area contributed by atoms with Gasteiger partial charge >= 0.3 is 5.97 Å². The lowest BCUT2D eigenvalue weighted by Crippen LogP contribution is -2.42. The molecule has 0 spiro atoms. The molecular formula is C12H23NO3. The highest BCUT2D eigenvalue weighted by molar-refractivity contribution is 5.66. The molecule has 0 radical (unpaired) electrons. The number of carbonyl (C=O) groups is 1. The molecule has 4 nitrogen and oxygen atoms in total. The lowest BCUT2D eigenvalue weighted by molar-refractivity contribution is -0.137. The molecule has 1 saturated heterocycles. The summed E-state index contributed by atoms with van der Waals surface area (Å²) < 4.78 is 0. The Morgan fingerprint density at radius 1 is 1.38 bits per heavy atom. The van der Waals surface area contributed by atoms with Crippen LogP contribution in [0.2, 0.25) is 0 Å². The first kappa shape index (κ1) is 13.5. The Bertz CT molecular complexity index is 222. The molecule has 2 atom stereocenters. The molecule has 2 N–H and O–H groups in total. The summed E-state index contributed by atoms with van der Waals surface area (Å²) in [5.74, 6) is -0.298. The zero-order valence-corrected chi connectivity index (χ0v) is 10.2. The minimum absolute atomic E-state index is 0.212. The quantitative estimate of drug-likeness (QED) is 0.746.